The zero-order valence-electron chi connectivity index (χ0n) is 12.6. The number of ether oxygens (including phenoxy) is 1. The van der Waals surface area contributed by atoms with Crippen molar-refractivity contribution >= 4 is 28.8 Å². The second kappa shape index (κ2) is 6.53. The molecule has 0 aliphatic carbocycles. The first-order chi connectivity index (χ1) is 11.2. The number of methoxy groups -OCH3 is 1. The number of anilines is 2. The molecule has 1 N–H and O–H groups in total. The number of rotatable bonds is 4. The summed E-state index contributed by atoms with van der Waals surface area (Å²) in [4.78, 5) is 15.8. The smallest absolute Gasteiger partial charge is 0.358 e. The van der Waals surface area contributed by atoms with Crippen molar-refractivity contribution in [3.63, 3.8) is 0 Å². The van der Waals surface area contributed by atoms with Crippen molar-refractivity contribution in [1.29, 1.82) is 0 Å². The van der Waals surface area contributed by atoms with E-state index < -0.39 is 5.97 Å². The summed E-state index contributed by atoms with van der Waals surface area (Å²) >= 11 is 1.63. The molecule has 0 radical (unpaired) electrons. The van der Waals surface area contributed by atoms with Crippen LogP contribution in [-0.2, 0) is 4.74 Å². The molecular formula is C16H14N4O2S. The van der Waals surface area contributed by atoms with E-state index in [9.17, 15) is 4.79 Å². The molecule has 116 valence electrons. The zero-order valence-corrected chi connectivity index (χ0v) is 13.4. The lowest BCUT2D eigenvalue weighted by Gasteiger charge is -2.06. The second-order valence-corrected chi connectivity index (χ2v) is 5.81. The summed E-state index contributed by atoms with van der Waals surface area (Å²) in [7, 11) is 1.31. The molecule has 3 aromatic rings. The molecular weight excluding hydrogens is 312 g/mol. The molecule has 0 spiro atoms. The van der Waals surface area contributed by atoms with Gasteiger partial charge in [-0.1, -0.05) is 12.1 Å². The minimum Gasteiger partial charge on any atom is -0.464 e. The van der Waals surface area contributed by atoms with Crippen LogP contribution in [0.5, 0.6) is 0 Å². The molecule has 23 heavy (non-hydrogen) atoms. The fraction of sp³-hybridized carbons (Fsp3) is 0.125. The zero-order chi connectivity index (χ0) is 16.2. The van der Waals surface area contributed by atoms with Crippen LogP contribution in [-0.4, -0.2) is 28.3 Å². The number of hydrogen-bond acceptors (Lipinski definition) is 7. The Morgan fingerprint density at radius 1 is 1.13 bits per heavy atom. The van der Waals surface area contributed by atoms with Gasteiger partial charge in [0.25, 0.3) is 0 Å². The third kappa shape index (κ3) is 3.51. The lowest BCUT2D eigenvalue weighted by atomic mass is 10.1. The van der Waals surface area contributed by atoms with Crippen LogP contribution in [0.3, 0.4) is 0 Å². The Bertz CT molecular complexity index is 813. The number of nitrogens with one attached hydrogen (secondary N) is 1. The molecule has 0 saturated heterocycles. The highest BCUT2D eigenvalue weighted by molar-refractivity contribution is 7.09. The van der Waals surface area contributed by atoms with E-state index in [4.69, 9.17) is 0 Å². The van der Waals surface area contributed by atoms with Gasteiger partial charge in [-0.15, -0.1) is 21.5 Å². The normalized spacial score (nSPS) is 10.3. The van der Waals surface area contributed by atoms with Crippen molar-refractivity contribution in [3.05, 3.63) is 52.5 Å². The predicted molar refractivity (Wildman–Crippen MR) is 88.9 cm³/mol. The molecule has 0 fully saturated rings. The molecule has 3 rings (SSSR count). The van der Waals surface area contributed by atoms with Gasteiger partial charge in [0.2, 0.25) is 0 Å². The monoisotopic (exact) mass is 326 g/mol. The minimum absolute atomic E-state index is 0.173. The number of carbonyl (C=O) groups excluding carboxylic acids is 1. The molecule has 0 amide bonds. The number of thiazole rings is 1. The average Bonchev–Trinajstić information content (AvgIpc) is 3.02. The van der Waals surface area contributed by atoms with Crippen LogP contribution in [0.1, 0.15) is 15.5 Å². The number of aryl methyl sites for hydroxylation is 1. The Morgan fingerprint density at radius 2 is 1.91 bits per heavy atom. The van der Waals surface area contributed by atoms with Gasteiger partial charge in [0, 0.05) is 16.6 Å². The molecule has 2 aromatic heterocycles. The van der Waals surface area contributed by atoms with E-state index in [2.05, 4.69) is 25.2 Å². The van der Waals surface area contributed by atoms with Gasteiger partial charge in [0.1, 0.15) is 0 Å². The van der Waals surface area contributed by atoms with Crippen molar-refractivity contribution in [1.82, 2.24) is 15.2 Å². The average molecular weight is 326 g/mol. The Hall–Kier alpha value is -2.80. The van der Waals surface area contributed by atoms with Gasteiger partial charge in [0.15, 0.2) is 11.5 Å². The van der Waals surface area contributed by atoms with Gasteiger partial charge in [-0.2, -0.15) is 0 Å². The Labute approximate surface area is 137 Å². The number of esters is 1. The van der Waals surface area contributed by atoms with E-state index >= 15 is 0 Å². The molecule has 7 heteroatoms. The molecule has 2 heterocycles. The molecule has 6 nitrogen and oxygen atoms in total. The van der Waals surface area contributed by atoms with Gasteiger partial charge in [-0.05, 0) is 31.2 Å². The fourth-order valence-electron chi connectivity index (χ4n) is 1.98. The maximum Gasteiger partial charge on any atom is 0.358 e. The lowest BCUT2D eigenvalue weighted by molar-refractivity contribution is 0.0593. The number of aromatic nitrogens is 3. The van der Waals surface area contributed by atoms with Crippen molar-refractivity contribution in [2.75, 3.05) is 12.4 Å². The summed E-state index contributed by atoms with van der Waals surface area (Å²) in [6.45, 7) is 1.99. The number of nitrogens with zero attached hydrogens (tertiary/aromatic N) is 3. The van der Waals surface area contributed by atoms with Gasteiger partial charge in [-0.3, -0.25) is 0 Å². The van der Waals surface area contributed by atoms with E-state index in [1.165, 1.54) is 7.11 Å². The van der Waals surface area contributed by atoms with Gasteiger partial charge in [-0.25, -0.2) is 9.78 Å². The van der Waals surface area contributed by atoms with Gasteiger partial charge >= 0.3 is 5.97 Å². The molecule has 0 aliphatic heterocycles. The predicted octanol–water partition coefficient (Wildman–Crippen LogP) is 3.44. The minimum atomic E-state index is -0.507. The standard InChI is InChI=1S/C16H14N4O2S/c1-10-17-14(9-23-10)11-3-5-12(6-4-11)18-15-8-7-13(19-20-15)16(21)22-2/h3-9H,1-2H3,(H,18,20). The quantitative estimate of drug-likeness (QED) is 0.740. The van der Waals surface area contributed by atoms with E-state index in [1.807, 2.05) is 36.6 Å². The highest BCUT2D eigenvalue weighted by Gasteiger charge is 2.08. The molecule has 0 unspecified atom stereocenters. The number of hydrogen-bond donors (Lipinski definition) is 1. The highest BCUT2D eigenvalue weighted by Crippen LogP contribution is 2.24. The third-order valence-electron chi connectivity index (χ3n) is 3.13. The molecule has 1 aromatic carbocycles. The number of benzene rings is 1. The Balaban J connectivity index is 1.72. The summed E-state index contributed by atoms with van der Waals surface area (Å²) < 4.78 is 4.58. The van der Waals surface area contributed by atoms with Crippen LogP contribution in [0, 0.1) is 6.92 Å². The molecule has 0 aliphatic rings. The summed E-state index contributed by atoms with van der Waals surface area (Å²) in [5.74, 6) is 0.0434. The van der Waals surface area contributed by atoms with Crippen LogP contribution in [0.25, 0.3) is 11.3 Å². The fourth-order valence-corrected chi connectivity index (χ4v) is 2.60. The third-order valence-corrected chi connectivity index (χ3v) is 3.90. The lowest BCUT2D eigenvalue weighted by Crippen LogP contribution is -2.06. The molecule has 0 atom stereocenters. The van der Waals surface area contributed by atoms with E-state index in [1.54, 1.807) is 23.5 Å². The van der Waals surface area contributed by atoms with Crippen molar-refractivity contribution < 1.29 is 9.53 Å². The van der Waals surface area contributed by atoms with Gasteiger partial charge < -0.3 is 10.1 Å². The van der Waals surface area contributed by atoms with Crippen molar-refractivity contribution in [3.8, 4) is 11.3 Å². The van der Waals surface area contributed by atoms with Crippen LogP contribution < -0.4 is 5.32 Å². The number of carbonyl (C=O) groups is 1. The first-order valence-electron chi connectivity index (χ1n) is 6.87. The maximum atomic E-state index is 11.3. The topological polar surface area (TPSA) is 77.0 Å². The molecule has 0 bridgehead atoms. The van der Waals surface area contributed by atoms with E-state index in [0.29, 0.717) is 5.82 Å². The first-order valence-corrected chi connectivity index (χ1v) is 7.75. The summed E-state index contributed by atoms with van der Waals surface area (Å²) in [6, 6.07) is 11.1. The highest BCUT2D eigenvalue weighted by atomic mass is 32.1. The van der Waals surface area contributed by atoms with Crippen LogP contribution in [0.4, 0.5) is 11.5 Å². The summed E-state index contributed by atoms with van der Waals surface area (Å²) in [6.07, 6.45) is 0. The first kappa shape index (κ1) is 15.1. The second-order valence-electron chi connectivity index (χ2n) is 4.75. The Kier molecular flexibility index (Phi) is 4.29. The molecule has 0 saturated carbocycles. The maximum absolute atomic E-state index is 11.3. The van der Waals surface area contributed by atoms with E-state index in [0.717, 1.165) is 22.0 Å². The van der Waals surface area contributed by atoms with Gasteiger partial charge in [0.05, 0.1) is 17.8 Å². The SMILES string of the molecule is COC(=O)c1ccc(Nc2ccc(-c3csc(C)n3)cc2)nn1. The van der Waals surface area contributed by atoms with E-state index in [-0.39, 0.29) is 5.69 Å². The van der Waals surface area contributed by atoms with Crippen LogP contribution in [0.2, 0.25) is 0 Å². The van der Waals surface area contributed by atoms with Crippen molar-refractivity contribution in [2.24, 2.45) is 0 Å². The Morgan fingerprint density at radius 3 is 2.48 bits per heavy atom. The largest absolute Gasteiger partial charge is 0.464 e. The summed E-state index contributed by atoms with van der Waals surface area (Å²) in [5, 5.41) is 14.0. The van der Waals surface area contributed by atoms with Crippen LogP contribution >= 0.6 is 11.3 Å². The van der Waals surface area contributed by atoms with Crippen LogP contribution in [0.15, 0.2) is 41.8 Å². The summed E-state index contributed by atoms with van der Waals surface area (Å²) in [5.41, 5.74) is 3.08. The van der Waals surface area contributed by atoms with Crippen molar-refractivity contribution in [2.45, 2.75) is 6.92 Å².